The van der Waals surface area contributed by atoms with Gasteiger partial charge in [0.2, 0.25) is 5.79 Å². The summed E-state index contributed by atoms with van der Waals surface area (Å²) in [5, 5.41) is 30.5. The average Bonchev–Trinajstić information content (AvgIpc) is 2.45. The number of hydrogen-bond donors (Lipinski definition) is 3. The van der Waals surface area contributed by atoms with Crippen LogP contribution in [0.25, 0.3) is 0 Å². The standard InChI is InChI=1S/C16H26O6/c1-13(2,3)10(17)7-15(20)8-12(19)16(21,22-15)9-11(18)14(4,5)6/h8,19-21H,7,9H2,1-6H3. The van der Waals surface area contributed by atoms with Crippen LogP contribution in [0, 0.1) is 10.8 Å². The van der Waals surface area contributed by atoms with Crippen LogP contribution in [0.5, 0.6) is 0 Å². The van der Waals surface area contributed by atoms with E-state index in [1.54, 1.807) is 41.5 Å². The fourth-order valence-corrected chi connectivity index (χ4v) is 1.89. The molecule has 0 spiro atoms. The molecule has 0 saturated carbocycles. The van der Waals surface area contributed by atoms with Crippen molar-refractivity contribution in [3.63, 3.8) is 0 Å². The first-order chi connectivity index (χ1) is 9.59. The summed E-state index contributed by atoms with van der Waals surface area (Å²) < 4.78 is 5.11. The van der Waals surface area contributed by atoms with Gasteiger partial charge in [0.15, 0.2) is 11.5 Å². The van der Waals surface area contributed by atoms with Gasteiger partial charge in [0.05, 0.1) is 12.8 Å². The Balaban J connectivity index is 2.92. The highest BCUT2D eigenvalue weighted by Crippen LogP contribution is 2.39. The zero-order chi connectivity index (χ0) is 17.6. The van der Waals surface area contributed by atoms with Gasteiger partial charge in [-0.25, -0.2) is 0 Å². The van der Waals surface area contributed by atoms with Gasteiger partial charge in [-0.1, -0.05) is 41.5 Å². The van der Waals surface area contributed by atoms with Crippen molar-refractivity contribution < 1.29 is 29.6 Å². The van der Waals surface area contributed by atoms with Crippen molar-refractivity contribution in [2.45, 2.75) is 66.0 Å². The summed E-state index contributed by atoms with van der Waals surface area (Å²) in [5.41, 5.74) is -1.44. The van der Waals surface area contributed by atoms with Crippen LogP contribution in [0.15, 0.2) is 11.8 Å². The minimum absolute atomic E-state index is 0.301. The lowest BCUT2D eigenvalue weighted by Crippen LogP contribution is -2.43. The van der Waals surface area contributed by atoms with Gasteiger partial charge < -0.3 is 20.1 Å². The molecule has 126 valence electrons. The molecule has 2 unspecified atom stereocenters. The van der Waals surface area contributed by atoms with Crippen molar-refractivity contribution in [3.05, 3.63) is 11.8 Å². The quantitative estimate of drug-likeness (QED) is 0.731. The van der Waals surface area contributed by atoms with Crippen LogP contribution < -0.4 is 0 Å². The van der Waals surface area contributed by atoms with E-state index in [0.29, 0.717) is 0 Å². The highest BCUT2D eigenvalue weighted by Gasteiger charge is 2.52. The lowest BCUT2D eigenvalue weighted by molar-refractivity contribution is -0.285. The summed E-state index contributed by atoms with van der Waals surface area (Å²) in [7, 11) is 0. The number of ether oxygens (including phenoxy) is 1. The Morgan fingerprint density at radius 2 is 1.41 bits per heavy atom. The highest BCUT2D eigenvalue weighted by atomic mass is 16.7. The van der Waals surface area contributed by atoms with Gasteiger partial charge >= 0.3 is 0 Å². The maximum absolute atomic E-state index is 12.0. The fraction of sp³-hybridized carbons (Fsp3) is 0.750. The normalized spacial score (nSPS) is 29.4. The molecule has 0 saturated heterocycles. The summed E-state index contributed by atoms with van der Waals surface area (Å²) in [6.07, 6.45) is -0.0516. The molecule has 0 fully saturated rings. The third-order valence-electron chi connectivity index (χ3n) is 3.60. The van der Waals surface area contributed by atoms with Gasteiger partial charge in [-0.05, 0) is 0 Å². The van der Waals surface area contributed by atoms with E-state index in [4.69, 9.17) is 4.74 Å². The second kappa shape index (κ2) is 5.44. The van der Waals surface area contributed by atoms with Crippen molar-refractivity contribution in [1.82, 2.24) is 0 Å². The number of aliphatic hydroxyl groups excluding tert-OH is 1. The van der Waals surface area contributed by atoms with Gasteiger partial charge in [0.1, 0.15) is 11.6 Å². The summed E-state index contributed by atoms with van der Waals surface area (Å²) in [6, 6.07) is 0. The number of carbonyl (C=O) groups excluding carboxylic acids is 2. The lowest BCUT2D eigenvalue weighted by atomic mass is 9.86. The Labute approximate surface area is 130 Å². The number of aliphatic hydroxyl groups is 3. The van der Waals surface area contributed by atoms with Gasteiger partial charge in [-0.15, -0.1) is 0 Å². The molecule has 6 nitrogen and oxygen atoms in total. The Morgan fingerprint density at radius 1 is 1.00 bits per heavy atom. The maximum Gasteiger partial charge on any atom is 0.234 e. The minimum atomic E-state index is -2.31. The van der Waals surface area contributed by atoms with Crippen molar-refractivity contribution in [2.24, 2.45) is 10.8 Å². The van der Waals surface area contributed by atoms with Crippen LogP contribution in [-0.2, 0) is 14.3 Å². The molecule has 6 heteroatoms. The molecular weight excluding hydrogens is 288 g/mol. The molecule has 22 heavy (non-hydrogen) atoms. The van der Waals surface area contributed by atoms with E-state index in [2.05, 4.69) is 0 Å². The molecule has 2 atom stereocenters. The van der Waals surface area contributed by atoms with E-state index in [-0.39, 0.29) is 11.6 Å². The Kier molecular flexibility index (Phi) is 4.65. The molecule has 0 aliphatic carbocycles. The first kappa shape index (κ1) is 18.8. The van der Waals surface area contributed by atoms with Crippen LogP contribution in [0.4, 0.5) is 0 Å². The van der Waals surface area contributed by atoms with E-state index < -0.39 is 41.0 Å². The molecule has 3 N–H and O–H groups in total. The first-order valence-electron chi connectivity index (χ1n) is 7.23. The molecule has 0 aromatic heterocycles. The van der Waals surface area contributed by atoms with E-state index >= 15 is 0 Å². The summed E-state index contributed by atoms with van der Waals surface area (Å²) in [6.45, 7) is 10.1. The maximum atomic E-state index is 12.0. The van der Waals surface area contributed by atoms with Crippen molar-refractivity contribution in [3.8, 4) is 0 Å². The zero-order valence-corrected chi connectivity index (χ0v) is 14.1. The van der Waals surface area contributed by atoms with Crippen LogP contribution in [-0.4, -0.2) is 38.5 Å². The van der Waals surface area contributed by atoms with E-state index in [1.807, 2.05) is 0 Å². The Bertz CT molecular complexity index is 508. The molecule has 1 aliphatic rings. The zero-order valence-electron chi connectivity index (χ0n) is 14.1. The monoisotopic (exact) mass is 314 g/mol. The minimum Gasteiger partial charge on any atom is -0.507 e. The topological polar surface area (TPSA) is 104 Å². The van der Waals surface area contributed by atoms with Gasteiger partial charge in [0.25, 0.3) is 0 Å². The predicted octanol–water partition coefficient (Wildman–Crippen LogP) is 1.85. The van der Waals surface area contributed by atoms with Crippen molar-refractivity contribution in [2.75, 3.05) is 0 Å². The SMILES string of the molecule is CC(C)(C)C(=O)CC1(O)C=C(O)C(O)(CC(=O)C(C)(C)C)O1. The molecule has 1 heterocycles. The number of hydrogen-bond acceptors (Lipinski definition) is 6. The second-order valence-corrected chi connectivity index (χ2v) is 7.96. The third-order valence-corrected chi connectivity index (χ3v) is 3.60. The first-order valence-corrected chi connectivity index (χ1v) is 7.23. The molecule has 0 radical (unpaired) electrons. The largest absolute Gasteiger partial charge is 0.507 e. The number of Topliss-reactive ketones (excluding diaryl/α,β-unsaturated/α-hetero) is 2. The lowest BCUT2D eigenvalue weighted by Gasteiger charge is -2.31. The van der Waals surface area contributed by atoms with Crippen LogP contribution in [0.2, 0.25) is 0 Å². The third kappa shape index (κ3) is 4.15. The number of carbonyl (C=O) groups is 2. The summed E-state index contributed by atoms with van der Waals surface area (Å²) in [5.74, 6) is -5.74. The van der Waals surface area contributed by atoms with Gasteiger partial charge in [-0.3, -0.25) is 9.59 Å². The molecule has 0 aromatic rings. The molecule has 1 rings (SSSR count). The molecule has 0 amide bonds. The predicted molar refractivity (Wildman–Crippen MR) is 79.9 cm³/mol. The molecule has 1 aliphatic heterocycles. The summed E-state index contributed by atoms with van der Waals surface area (Å²) >= 11 is 0. The molecule has 0 aromatic carbocycles. The van der Waals surface area contributed by atoms with E-state index in [0.717, 1.165) is 6.08 Å². The Morgan fingerprint density at radius 3 is 1.82 bits per heavy atom. The van der Waals surface area contributed by atoms with Gasteiger partial charge in [0, 0.05) is 16.9 Å². The number of ketones is 2. The van der Waals surface area contributed by atoms with Crippen LogP contribution >= 0.6 is 0 Å². The molecular formula is C16H26O6. The smallest absolute Gasteiger partial charge is 0.234 e. The molecule has 0 bridgehead atoms. The van der Waals surface area contributed by atoms with Crippen molar-refractivity contribution in [1.29, 1.82) is 0 Å². The Hall–Kier alpha value is -1.24. The van der Waals surface area contributed by atoms with Crippen LogP contribution in [0.3, 0.4) is 0 Å². The highest BCUT2D eigenvalue weighted by molar-refractivity contribution is 5.85. The second-order valence-electron chi connectivity index (χ2n) is 7.96. The fourth-order valence-electron chi connectivity index (χ4n) is 1.89. The van der Waals surface area contributed by atoms with E-state index in [1.165, 1.54) is 0 Å². The van der Waals surface area contributed by atoms with E-state index in [9.17, 15) is 24.9 Å². The summed E-state index contributed by atoms with van der Waals surface area (Å²) in [4.78, 5) is 24.1. The van der Waals surface area contributed by atoms with Crippen molar-refractivity contribution >= 4 is 11.6 Å². The number of rotatable bonds is 4. The average molecular weight is 314 g/mol. The van der Waals surface area contributed by atoms with Gasteiger partial charge in [-0.2, -0.15) is 0 Å². The van der Waals surface area contributed by atoms with Crippen LogP contribution in [0.1, 0.15) is 54.4 Å².